The first-order chi connectivity index (χ1) is 17.8. The molecule has 2 heterocycles. The van der Waals surface area contributed by atoms with Crippen LogP contribution in [0.2, 0.25) is 0 Å². The molecule has 0 bridgehead atoms. The Morgan fingerprint density at radius 1 is 1.16 bits per heavy atom. The topological polar surface area (TPSA) is 130 Å². The average Bonchev–Trinajstić information content (AvgIpc) is 3.43. The molecule has 13 heteroatoms. The standard InChI is InChI=1S/C24H21IN2O9S/c1-3-33-18-7-13(6-15(25)22(18)34-11-21(29)32-2)8-19-23(30)27(24(31)37-19)10-20(28)26-14-4-5-16-17(9-14)36-12-35-16/h4-9H,3,10-12H2,1-2H3,(H,26,28)/b19-8+. The fraction of sp³-hybridized carbons (Fsp3) is 0.250. The fourth-order valence-electron chi connectivity index (χ4n) is 3.37. The van der Waals surface area contributed by atoms with Crippen molar-refractivity contribution in [3.63, 3.8) is 0 Å². The highest BCUT2D eigenvalue weighted by atomic mass is 127. The summed E-state index contributed by atoms with van der Waals surface area (Å²) in [6, 6.07) is 8.25. The Kier molecular flexibility index (Phi) is 8.43. The second-order valence-corrected chi connectivity index (χ2v) is 9.67. The lowest BCUT2D eigenvalue weighted by molar-refractivity contribution is -0.143. The van der Waals surface area contributed by atoms with Crippen molar-refractivity contribution in [2.24, 2.45) is 0 Å². The number of anilines is 1. The molecule has 3 amide bonds. The van der Waals surface area contributed by atoms with Crippen molar-refractivity contribution in [2.45, 2.75) is 6.92 Å². The molecule has 2 aliphatic heterocycles. The summed E-state index contributed by atoms with van der Waals surface area (Å²) in [5.41, 5.74) is 1.03. The Bertz CT molecular complexity index is 1300. The normalized spacial score (nSPS) is 15.2. The van der Waals surface area contributed by atoms with Crippen molar-refractivity contribution in [1.29, 1.82) is 0 Å². The lowest BCUT2D eigenvalue weighted by Crippen LogP contribution is -2.36. The van der Waals surface area contributed by atoms with Crippen LogP contribution in [0.5, 0.6) is 23.0 Å². The van der Waals surface area contributed by atoms with Crippen LogP contribution in [-0.2, 0) is 19.1 Å². The van der Waals surface area contributed by atoms with E-state index in [4.69, 9.17) is 18.9 Å². The number of nitrogens with zero attached hydrogens (tertiary/aromatic N) is 1. The monoisotopic (exact) mass is 640 g/mol. The second-order valence-electron chi connectivity index (χ2n) is 7.51. The van der Waals surface area contributed by atoms with Crippen LogP contribution < -0.4 is 24.3 Å². The average molecular weight is 640 g/mol. The maximum Gasteiger partial charge on any atom is 0.343 e. The van der Waals surface area contributed by atoms with Gasteiger partial charge in [-0.3, -0.25) is 19.3 Å². The van der Waals surface area contributed by atoms with E-state index in [1.807, 2.05) is 22.6 Å². The lowest BCUT2D eigenvalue weighted by atomic mass is 10.2. The molecule has 1 fully saturated rings. The summed E-state index contributed by atoms with van der Waals surface area (Å²) in [6.07, 6.45) is 1.54. The van der Waals surface area contributed by atoms with Gasteiger partial charge < -0.3 is 29.0 Å². The van der Waals surface area contributed by atoms with Crippen LogP contribution in [0.15, 0.2) is 35.2 Å². The molecule has 0 aliphatic carbocycles. The Morgan fingerprint density at radius 2 is 1.95 bits per heavy atom. The Hall–Kier alpha value is -3.46. The lowest BCUT2D eigenvalue weighted by Gasteiger charge is -2.14. The number of halogens is 1. The van der Waals surface area contributed by atoms with E-state index in [-0.39, 0.29) is 18.3 Å². The summed E-state index contributed by atoms with van der Waals surface area (Å²) in [4.78, 5) is 50.5. The maximum atomic E-state index is 12.9. The largest absolute Gasteiger partial charge is 0.490 e. The molecule has 0 atom stereocenters. The molecule has 1 N–H and O–H groups in total. The van der Waals surface area contributed by atoms with E-state index in [2.05, 4.69) is 10.1 Å². The van der Waals surface area contributed by atoms with E-state index in [9.17, 15) is 19.2 Å². The molecule has 2 aliphatic rings. The zero-order valence-corrected chi connectivity index (χ0v) is 22.7. The molecule has 0 aromatic heterocycles. The first-order valence-corrected chi connectivity index (χ1v) is 12.8. The summed E-state index contributed by atoms with van der Waals surface area (Å²) >= 11 is 2.76. The highest BCUT2D eigenvalue weighted by Crippen LogP contribution is 2.38. The van der Waals surface area contributed by atoms with Crippen molar-refractivity contribution in [3.05, 3.63) is 44.4 Å². The smallest absolute Gasteiger partial charge is 0.343 e. The highest BCUT2D eigenvalue weighted by molar-refractivity contribution is 14.1. The van der Waals surface area contributed by atoms with Gasteiger partial charge in [-0.25, -0.2) is 4.79 Å². The van der Waals surface area contributed by atoms with Crippen molar-refractivity contribution in [2.75, 3.05) is 39.0 Å². The molecule has 4 rings (SSSR count). The van der Waals surface area contributed by atoms with Crippen molar-refractivity contribution in [3.8, 4) is 23.0 Å². The van der Waals surface area contributed by atoms with Gasteiger partial charge in [0.15, 0.2) is 29.6 Å². The summed E-state index contributed by atoms with van der Waals surface area (Å²) in [7, 11) is 1.26. The van der Waals surface area contributed by atoms with E-state index >= 15 is 0 Å². The molecule has 11 nitrogen and oxygen atoms in total. The maximum absolute atomic E-state index is 12.9. The van der Waals surface area contributed by atoms with Crippen molar-refractivity contribution in [1.82, 2.24) is 4.90 Å². The number of esters is 1. The first kappa shape index (κ1) is 26.6. The Morgan fingerprint density at radius 3 is 2.70 bits per heavy atom. The van der Waals surface area contributed by atoms with Crippen LogP contribution in [-0.4, -0.2) is 61.6 Å². The van der Waals surface area contributed by atoms with Crippen LogP contribution in [0.4, 0.5) is 10.5 Å². The summed E-state index contributed by atoms with van der Waals surface area (Å²) in [5, 5.41) is 2.09. The van der Waals surface area contributed by atoms with Crippen molar-refractivity contribution >= 4 is 69.1 Å². The minimum Gasteiger partial charge on any atom is -0.490 e. The fourth-order valence-corrected chi connectivity index (χ4v) is 4.99. The van der Waals surface area contributed by atoms with Crippen LogP contribution in [0.25, 0.3) is 6.08 Å². The number of fused-ring (bicyclic) bond motifs is 1. The number of ether oxygens (including phenoxy) is 5. The molecule has 0 spiro atoms. The van der Waals surface area contributed by atoms with Gasteiger partial charge in [0, 0.05) is 11.8 Å². The number of amides is 3. The van der Waals surface area contributed by atoms with Crippen LogP contribution in [0.3, 0.4) is 0 Å². The van der Waals surface area contributed by atoms with E-state index in [1.54, 1.807) is 37.3 Å². The zero-order chi connectivity index (χ0) is 26.5. The third-order valence-electron chi connectivity index (χ3n) is 5.02. The second kappa shape index (κ2) is 11.7. The predicted octanol–water partition coefficient (Wildman–Crippen LogP) is 3.65. The molecule has 0 unspecified atom stereocenters. The van der Waals surface area contributed by atoms with Gasteiger partial charge >= 0.3 is 5.97 Å². The third kappa shape index (κ3) is 6.28. The molecule has 37 heavy (non-hydrogen) atoms. The minimum absolute atomic E-state index is 0.101. The molecule has 0 saturated carbocycles. The number of rotatable bonds is 9. The third-order valence-corrected chi connectivity index (χ3v) is 6.73. The zero-order valence-electron chi connectivity index (χ0n) is 19.7. The van der Waals surface area contributed by atoms with Crippen LogP contribution >= 0.6 is 34.4 Å². The minimum atomic E-state index is -0.588. The van der Waals surface area contributed by atoms with Crippen LogP contribution in [0.1, 0.15) is 12.5 Å². The Labute approximate surface area is 229 Å². The molecule has 2 aromatic carbocycles. The number of hydrogen-bond donors (Lipinski definition) is 1. The number of hydrogen-bond acceptors (Lipinski definition) is 10. The quantitative estimate of drug-likeness (QED) is 0.247. The number of nitrogens with one attached hydrogen (secondary N) is 1. The molecule has 0 radical (unpaired) electrons. The molecule has 1 saturated heterocycles. The van der Waals surface area contributed by atoms with Gasteiger partial charge in [0.25, 0.3) is 11.1 Å². The highest BCUT2D eigenvalue weighted by Gasteiger charge is 2.36. The number of carbonyl (C=O) groups is 4. The number of imide groups is 1. The van der Waals surface area contributed by atoms with Gasteiger partial charge in [0.05, 0.1) is 22.2 Å². The van der Waals surface area contributed by atoms with Gasteiger partial charge in [0.1, 0.15) is 6.54 Å². The summed E-state index contributed by atoms with van der Waals surface area (Å²) in [6.45, 7) is 1.49. The van der Waals surface area contributed by atoms with Crippen molar-refractivity contribution < 1.29 is 42.9 Å². The van der Waals surface area contributed by atoms with Gasteiger partial charge in [-0.05, 0) is 77.2 Å². The van der Waals surface area contributed by atoms with Gasteiger partial charge in [-0.15, -0.1) is 0 Å². The van der Waals surface area contributed by atoms with Gasteiger partial charge in [0.2, 0.25) is 12.7 Å². The van der Waals surface area contributed by atoms with E-state index in [1.165, 1.54) is 13.2 Å². The predicted molar refractivity (Wildman–Crippen MR) is 142 cm³/mol. The number of thioether (sulfide) groups is 1. The number of methoxy groups -OCH3 is 1. The van der Waals surface area contributed by atoms with E-state index < -0.39 is 29.6 Å². The molecular weight excluding hydrogens is 619 g/mol. The Balaban J connectivity index is 1.46. The van der Waals surface area contributed by atoms with Gasteiger partial charge in [-0.1, -0.05) is 0 Å². The SMILES string of the molecule is CCOc1cc(/C=C2/SC(=O)N(CC(=O)Nc3ccc4c(c3)OCO4)C2=O)cc(I)c1OCC(=O)OC. The number of benzene rings is 2. The van der Waals surface area contributed by atoms with Gasteiger partial charge in [-0.2, -0.15) is 0 Å². The summed E-state index contributed by atoms with van der Waals surface area (Å²) in [5.74, 6) is 0.121. The summed E-state index contributed by atoms with van der Waals surface area (Å²) < 4.78 is 26.9. The molecule has 2 aromatic rings. The molecular formula is C24H21IN2O9S. The molecule has 194 valence electrons. The van der Waals surface area contributed by atoms with E-state index in [0.29, 0.717) is 44.4 Å². The van der Waals surface area contributed by atoms with Crippen LogP contribution in [0, 0.1) is 3.57 Å². The van der Waals surface area contributed by atoms with E-state index in [0.717, 1.165) is 16.7 Å². The first-order valence-electron chi connectivity index (χ1n) is 10.9. The number of carbonyl (C=O) groups excluding carboxylic acids is 4.